The Kier molecular flexibility index (Phi) is 6.60. The number of thiophene rings is 1. The minimum Gasteiger partial charge on any atom is -0.494 e. The van der Waals surface area contributed by atoms with Gasteiger partial charge in [0, 0.05) is 16.7 Å². The van der Waals surface area contributed by atoms with Gasteiger partial charge in [0.05, 0.1) is 12.0 Å². The lowest BCUT2D eigenvalue weighted by atomic mass is 9.89. The molecule has 2 aromatic heterocycles. The number of unbranched alkanes of at least 4 members (excludes halogenated alkanes) is 1. The summed E-state index contributed by atoms with van der Waals surface area (Å²) in [6, 6.07) is 16.5. The van der Waals surface area contributed by atoms with Gasteiger partial charge >= 0.3 is 0 Å². The zero-order valence-electron chi connectivity index (χ0n) is 17.9. The standard InChI is InChI=1S/C26H26N2O2S2/c29-24-23-22(20-13-12-18-8-4-5-9-19(18)16-20)17-32-25(23)28-26(27-24)31-15-7-6-14-30-21-10-2-1-3-11-21/h1-3,10-13,16-17H,4-9,14-15H2,(H,27,28,29). The summed E-state index contributed by atoms with van der Waals surface area (Å²) in [6.45, 7) is 0.697. The highest BCUT2D eigenvalue weighted by Gasteiger charge is 2.16. The molecule has 2 heterocycles. The third-order valence-electron chi connectivity index (χ3n) is 5.87. The fourth-order valence-electron chi connectivity index (χ4n) is 4.19. The molecule has 0 bridgehead atoms. The second-order valence-corrected chi connectivity index (χ2v) is 10.1. The Morgan fingerprint density at radius 1 is 1.03 bits per heavy atom. The van der Waals surface area contributed by atoms with Crippen molar-refractivity contribution >= 4 is 33.3 Å². The van der Waals surface area contributed by atoms with Crippen LogP contribution < -0.4 is 10.3 Å². The van der Waals surface area contributed by atoms with Gasteiger partial charge in [-0.1, -0.05) is 48.2 Å². The second-order valence-electron chi connectivity index (χ2n) is 8.11. The van der Waals surface area contributed by atoms with Crippen LogP contribution in [0.2, 0.25) is 0 Å². The summed E-state index contributed by atoms with van der Waals surface area (Å²) >= 11 is 3.16. The molecule has 4 nitrogen and oxygen atoms in total. The first-order valence-corrected chi connectivity index (χ1v) is 13.1. The highest BCUT2D eigenvalue weighted by atomic mass is 32.2. The third kappa shape index (κ3) is 4.76. The molecule has 0 saturated carbocycles. The van der Waals surface area contributed by atoms with Crippen LogP contribution in [0.25, 0.3) is 21.3 Å². The largest absolute Gasteiger partial charge is 0.494 e. The van der Waals surface area contributed by atoms with Gasteiger partial charge in [0.2, 0.25) is 0 Å². The fraction of sp³-hybridized carbons (Fsp3) is 0.308. The van der Waals surface area contributed by atoms with Gasteiger partial charge in [-0.15, -0.1) is 11.3 Å². The van der Waals surface area contributed by atoms with E-state index >= 15 is 0 Å². The molecule has 0 fully saturated rings. The van der Waals surface area contributed by atoms with Crippen molar-refractivity contribution in [2.24, 2.45) is 0 Å². The van der Waals surface area contributed by atoms with Crippen LogP contribution in [0.3, 0.4) is 0 Å². The molecule has 4 aromatic rings. The average molecular weight is 463 g/mol. The molecule has 1 aliphatic carbocycles. The van der Waals surface area contributed by atoms with Gasteiger partial charge in [0.25, 0.3) is 5.56 Å². The predicted molar refractivity (Wildman–Crippen MR) is 134 cm³/mol. The lowest BCUT2D eigenvalue weighted by Gasteiger charge is -2.16. The molecule has 1 aliphatic rings. The molecule has 0 aliphatic heterocycles. The number of benzene rings is 2. The van der Waals surface area contributed by atoms with Crippen LogP contribution in [0.15, 0.2) is 63.9 Å². The summed E-state index contributed by atoms with van der Waals surface area (Å²) in [5, 5.41) is 3.49. The Bertz CT molecular complexity index is 1260. The predicted octanol–water partition coefficient (Wildman–Crippen LogP) is 6.48. The second kappa shape index (κ2) is 9.92. The molecule has 6 heteroatoms. The number of thioether (sulfide) groups is 1. The van der Waals surface area contributed by atoms with Crippen molar-refractivity contribution in [3.63, 3.8) is 0 Å². The summed E-state index contributed by atoms with van der Waals surface area (Å²) in [5.74, 6) is 1.80. The number of nitrogens with one attached hydrogen (secondary N) is 1. The van der Waals surface area contributed by atoms with Crippen LogP contribution in [0.1, 0.15) is 36.8 Å². The van der Waals surface area contributed by atoms with Crippen molar-refractivity contribution in [2.75, 3.05) is 12.4 Å². The zero-order valence-corrected chi connectivity index (χ0v) is 19.6. The van der Waals surface area contributed by atoms with E-state index in [0.29, 0.717) is 17.1 Å². The van der Waals surface area contributed by atoms with Crippen molar-refractivity contribution in [3.05, 3.63) is 75.4 Å². The molecule has 0 amide bonds. The Morgan fingerprint density at radius 2 is 1.88 bits per heavy atom. The quantitative estimate of drug-likeness (QED) is 0.185. The Hall–Kier alpha value is -2.57. The van der Waals surface area contributed by atoms with Crippen molar-refractivity contribution in [2.45, 2.75) is 43.7 Å². The average Bonchev–Trinajstić information content (AvgIpc) is 3.26. The Morgan fingerprint density at radius 3 is 2.75 bits per heavy atom. The number of aryl methyl sites for hydroxylation is 2. The van der Waals surface area contributed by atoms with E-state index in [-0.39, 0.29) is 5.56 Å². The molecule has 5 rings (SSSR count). The number of para-hydroxylation sites is 1. The van der Waals surface area contributed by atoms with Crippen LogP contribution >= 0.6 is 23.1 Å². The third-order valence-corrected chi connectivity index (χ3v) is 7.70. The molecule has 0 unspecified atom stereocenters. The number of aromatic amines is 1. The maximum atomic E-state index is 12.9. The monoisotopic (exact) mass is 462 g/mol. The number of rotatable bonds is 8. The van der Waals surface area contributed by atoms with Gasteiger partial charge < -0.3 is 9.72 Å². The van der Waals surface area contributed by atoms with Gasteiger partial charge in [0.15, 0.2) is 5.16 Å². The number of fused-ring (bicyclic) bond motifs is 2. The van der Waals surface area contributed by atoms with Crippen molar-refractivity contribution < 1.29 is 4.74 Å². The Balaban J connectivity index is 1.23. The Labute approximate surface area is 196 Å². The highest BCUT2D eigenvalue weighted by molar-refractivity contribution is 7.99. The number of aromatic nitrogens is 2. The van der Waals surface area contributed by atoms with E-state index in [2.05, 4.69) is 28.6 Å². The molecule has 0 atom stereocenters. The van der Waals surface area contributed by atoms with E-state index in [9.17, 15) is 4.79 Å². The van der Waals surface area contributed by atoms with Gasteiger partial charge in [-0.25, -0.2) is 4.98 Å². The van der Waals surface area contributed by atoms with Crippen LogP contribution in [-0.2, 0) is 12.8 Å². The molecule has 0 spiro atoms. The molecule has 2 aromatic carbocycles. The van der Waals surface area contributed by atoms with Crippen LogP contribution in [0.5, 0.6) is 5.75 Å². The minimum absolute atomic E-state index is 0.0427. The first-order chi connectivity index (χ1) is 15.8. The molecule has 0 radical (unpaired) electrons. The summed E-state index contributed by atoms with van der Waals surface area (Å²) in [5.41, 5.74) is 4.98. The number of hydrogen-bond donors (Lipinski definition) is 1. The SMILES string of the molecule is O=c1[nH]c(SCCCCOc2ccccc2)nc2scc(-c3ccc4c(c3)CCCC4)c12. The molecule has 1 N–H and O–H groups in total. The minimum atomic E-state index is -0.0427. The summed E-state index contributed by atoms with van der Waals surface area (Å²) in [7, 11) is 0. The van der Waals surface area contributed by atoms with Gasteiger partial charge in [-0.3, -0.25) is 4.79 Å². The zero-order chi connectivity index (χ0) is 21.8. The molecule has 0 saturated heterocycles. The van der Waals surface area contributed by atoms with Gasteiger partial charge in [-0.05, 0) is 67.3 Å². The maximum Gasteiger partial charge on any atom is 0.260 e. The van der Waals surface area contributed by atoms with Crippen LogP contribution in [0.4, 0.5) is 0 Å². The number of nitrogens with zero attached hydrogens (tertiary/aromatic N) is 1. The van der Waals surface area contributed by atoms with Crippen molar-refractivity contribution in [1.82, 2.24) is 9.97 Å². The molecule has 32 heavy (non-hydrogen) atoms. The van der Waals surface area contributed by atoms with E-state index in [0.717, 1.165) is 46.7 Å². The number of ether oxygens (including phenoxy) is 1. The van der Waals surface area contributed by atoms with Crippen molar-refractivity contribution in [3.8, 4) is 16.9 Å². The molecular weight excluding hydrogens is 436 g/mol. The van der Waals surface area contributed by atoms with Gasteiger partial charge in [-0.2, -0.15) is 0 Å². The maximum absolute atomic E-state index is 12.9. The van der Waals surface area contributed by atoms with E-state index in [1.54, 1.807) is 23.1 Å². The van der Waals surface area contributed by atoms with Crippen LogP contribution in [0, 0.1) is 0 Å². The fourth-order valence-corrected chi connectivity index (χ4v) is 6.06. The first-order valence-electron chi connectivity index (χ1n) is 11.2. The molecule has 164 valence electrons. The van der Waals surface area contributed by atoms with Gasteiger partial charge in [0.1, 0.15) is 10.6 Å². The topological polar surface area (TPSA) is 55.0 Å². The van der Waals surface area contributed by atoms with E-state index in [1.165, 1.54) is 30.4 Å². The van der Waals surface area contributed by atoms with E-state index in [1.807, 2.05) is 30.3 Å². The normalized spacial score (nSPS) is 13.2. The summed E-state index contributed by atoms with van der Waals surface area (Å²) < 4.78 is 5.73. The smallest absolute Gasteiger partial charge is 0.260 e. The lowest BCUT2D eigenvalue weighted by Crippen LogP contribution is -2.09. The summed E-state index contributed by atoms with van der Waals surface area (Å²) in [4.78, 5) is 21.5. The summed E-state index contributed by atoms with van der Waals surface area (Å²) in [6.07, 6.45) is 6.80. The molecular formula is C26H26N2O2S2. The highest BCUT2D eigenvalue weighted by Crippen LogP contribution is 2.34. The first kappa shape index (κ1) is 21.3. The van der Waals surface area contributed by atoms with E-state index < -0.39 is 0 Å². The van der Waals surface area contributed by atoms with Crippen molar-refractivity contribution in [1.29, 1.82) is 0 Å². The van der Waals surface area contributed by atoms with Crippen LogP contribution in [-0.4, -0.2) is 22.3 Å². The number of hydrogen-bond acceptors (Lipinski definition) is 5. The van der Waals surface area contributed by atoms with E-state index in [4.69, 9.17) is 9.72 Å². The lowest BCUT2D eigenvalue weighted by molar-refractivity contribution is 0.310. The number of H-pyrrole nitrogens is 1.